The number of benzene rings is 1. The van der Waals surface area contributed by atoms with Crippen LogP contribution in [-0.2, 0) is 6.42 Å². The minimum absolute atomic E-state index is 0.0143. The molecule has 1 aromatic heterocycles. The zero-order chi connectivity index (χ0) is 13.1. The lowest BCUT2D eigenvalue weighted by molar-refractivity contribution is 0.417. The van der Waals surface area contributed by atoms with Gasteiger partial charge >= 0.3 is 0 Å². The SMILES string of the molecule is CCC(N)Cc1noc(-c2c(F)cccc2Br)n1. The van der Waals surface area contributed by atoms with Gasteiger partial charge in [0.15, 0.2) is 5.82 Å². The molecule has 0 spiro atoms. The summed E-state index contributed by atoms with van der Waals surface area (Å²) in [5.74, 6) is 0.257. The highest BCUT2D eigenvalue weighted by atomic mass is 79.9. The summed E-state index contributed by atoms with van der Waals surface area (Å²) in [5, 5.41) is 3.81. The first-order valence-electron chi connectivity index (χ1n) is 5.64. The van der Waals surface area contributed by atoms with Crippen LogP contribution in [0.15, 0.2) is 27.2 Å². The lowest BCUT2D eigenvalue weighted by atomic mass is 10.1. The first kappa shape index (κ1) is 13.2. The standard InChI is InChI=1S/C12H13BrFN3O/c1-2-7(15)6-10-16-12(18-17-10)11-8(13)4-3-5-9(11)14/h3-5,7H,2,6,15H2,1H3. The van der Waals surface area contributed by atoms with Gasteiger partial charge in [0, 0.05) is 16.9 Å². The van der Waals surface area contributed by atoms with Gasteiger partial charge in [0.05, 0.1) is 5.56 Å². The van der Waals surface area contributed by atoms with Crippen molar-refractivity contribution < 1.29 is 8.91 Å². The Morgan fingerprint density at radius 3 is 2.94 bits per heavy atom. The minimum atomic E-state index is -0.403. The average molecular weight is 314 g/mol. The third kappa shape index (κ3) is 2.76. The van der Waals surface area contributed by atoms with E-state index in [4.69, 9.17) is 10.3 Å². The zero-order valence-electron chi connectivity index (χ0n) is 9.86. The summed E-state index contributed by atoms with van der Waals surface area (Å²) in [6, 6.07) is 4.66. The number of hydrogen-bond acceptors (Lipinski definition) is 4. The number of nitrogens with two attached hydrogens (primary N) is 1. The highest BCUT2D eigenvalue weighted by molar-refractivity contribution is 9.10. The Morgan fingerprint density at radius 2 is 2.28 bits per heavy atom. The van der Waals surface area contributed by atoms with E-state index in [1.54, 1.807) is 12.1 Å². The van der Waals surface area contributed by atoms with Crippen LogP contribution < -0.4 is 5.73 Å². The monoisotopic (exact) mass is 313 g/mol. The number of rotatable bonds is 4. The Kier molecular flexibility index (Phi) is 4.08. The van der Waals surface area contributed by atoms with Gasteiger partial charge in [-0.3, -0.25) is 0 Å². The molecule has 2 aromatic rings. The first-order chi connectivity index (χ1) is 8.61. The Hall–Kier alpha value is -1.27. The molecule has 4 nitrogen and oxygen atoms in total. The van der Waals surface area contributed by atoms with E-state index >= 15 is 0 Å². The van der Waals surface area contributed by atoms with E-state index in [2.05, 4.69) is 26.1 Å². The Morgan fingerprint density at radius 1 is 1.50 bits per heavy atom. The van der Waals surface area contributed by atoms with Gasteiger partial charge in [-0.05, 0) is 34.5 Å². The van der Waals surface area contributed by atoms with Crippen molar-refractivity contribution in [2.24, 2.45) is 5.73 Å². The molecule has 1 aromatic carbocycles. The van der Waals surface area contributed by atoms with Crippen LogP contribution in [0.3, 0.4) is 0 Å². The molecule has 0 bridgehead atoms. The molecule has 0 saturated carbocycles. The minimum Gasteiger partial charge on any atom is -0.334 e. The fourth-order valence-corrected chi connectivity index (χ4v) is 2.03. The highest BCUT2D eigenvalue weighted by Gasteiger charge is 2.17. The molecule has 0 radical (unpaired) electrons. The van der Waals surface area contributed by atoms with Crippen LogP contribution in [0, 0.1) is 5.82 Å². The molecule has 0 amide bonds. The number of nitrogens with zero attached hydrogens (tertiary/aromatic N) is 2. The van der Waals surface area contributed by atoms with Crippen molar-refractivity contribution in [1.82, 2.24) is 10.1 Å². The maximum atomic E-state index is 13.7. The maximum absolute atomic E-state index is 13.7. The number of aromatic nitrogens is 2. The van der Waals surface area contributed by atoms with E-state index in [0.29, 0.717) is 16.7 Å². The molecule has 6 heteroatoms. The van der Waals surface area contributed by atoms with Gasteiger partial charge in [-0.15, -0.1) is 0 Å². The predicted molar refractivity (Wildman–Crippen MR) is 69.4 cm³/mol. The third-order valence-corrected chi connectivity index (χ3v) is 3.27. The van der Waals surface area contributed by atoms with E-state index in [9.17, 15) is 4.39 Å². The molecule has 0 fully saturated rings. The molecule has 0 saturated heterocycles. The summed E-state index contributed by atoms with van der Waals surface area (Å²) in [6.45, 7) is 1.99. The van der Waals surface area contributed by atoms with E-state index in [1.165, 1.54) is 6.07 Å². The van der Waals surface area contributed by atoms with Crippen molar-refractivity contribution in [2.75, 3.05) is 0 Å². The van der Waals surface area contributed by atoms with Gasteiger partial charge in [0.2, 0.25) is 0 Å². The lowest BCUT2D eigenvalue weighted by Gasteiger charge is -2.02. The largest absolute Gasteiger partial charge is 0.334 e. The summed E-state index contributed by atoms with van der Waals surface area (Å²) in [6.07, 6.45) is 1.35. The van der Waals surface area contributed by atoms with Gasteiger partial charge in [-0.1, -0.05) is 18.1 Å². The smallest absolute Gasteiger partial charge is 0.262 e. The van der Waals surface area contributed by atoms with Crippen LogP contribution in [0.2, 0.25) is 0 Å². The molecule has 2 rings (SSSR count). The van der Waals surface area contributed by atoms with Crippen LogP contribution in [0.1, 0.15) is 19.2 Å². The highest BCUT2D eigenvalue weighted by Crippen LogP contribution is 2.29. The molecule has 0 aliphatic carbocycles. The second-order valence-electron chi connectivity index (χ2n) is 3.98. The first-order valence-corrected chi connectivity index (χ1v) is 6.43. The Bertz CT molecular complexity index is 524. The fourth-order valence-electron chi connectivity index (χ4n) is 1.52. The molecule has 1 heterocycles. The van der Waals surface area contributed by atoms with Crippen LogP contribution in [0.5, 0.6) is 0 Å². The molecule has 1 atom stereocenters. The summed E-state index contributed by atoms with van der Waals surface area (Å²) in [7, 11) is 0. The molecular formula is C12H13BrFN3O. The van der Waals surface area contributed by atoms with Crippen molar-refractivity contribution in [3.05, 3.63) is 34.3 Å². The van der Waals surface area contributed by atoms with Crippen LogP contribution >= 0.6 is 15.9 Å². The van der Waals surface area contributed by atoms with Crippen LogP contribution in [-0.4, -0.2) is 16.2 Å². The Labute approximate surface area is 113 Å². The van der Waals surface area contributed by atoms with Crippen molar-refractivity contribution in [3.8, 4) is 11.5 Å². The third-order valence-electron chi connectivity index (χ3n) is 2.61. The Balaban J connectivity index is 2.30. The molecule has 0 aliphatic heterocycles. The van der Waals surface area contributed by atoms with Crippen molar-refractivity contribution in [1.29, 1.82) is 0 Å². The summed E-state index contributed by atoms with van der Waals surface area (Å²) in [4.78, 5) is 4.16. The second kappa shape index (κ2) is 5.58. The fraction of sp³-hybridized carbons (Fsp3) is 0.333. The number of hydrogen-bond donors (Lipinski definition) is 1. The predicted octanol–water partition coefficient (Wildman–Crippen LogP) is 2.92. The molecule has 2 N–H and O–H groups in total. The van der Waals surface area contributed by atoms with Crippen LogP contribution in [0.4, 0.5) is 4.39 Å². The maximum Gasteiger partial charge on any atom is 0.262 e. The summed E-state index contributed by atoms with van der Waals surface area (Å²) >= 11 is 3.27. The van der Waals surface area contributed by atoms with E-state index in [-0.39, 0.29) is 17.5 Å². The van der Waals surface area contributed by atoms with Gasteiger partial charge in [0.25, 0.3) is 5.89 Å². The quantitative estimate of drug-likeness (QED) is 0.942. The normalized spacial score (nSPS) is 12.7. The zero-order valence-corrected chi connectivity index (χ0v) is 11.4. The lowest BCUT2D eigenvalue weighted by Crippen LogP contribution is -2.21. The van der Waals surface area contributed by atoms with Crippen LogP contribution in [0.25, 0.3) is 11.5 Å². The van der Waals surface area contributed by atoms with Gasteiger partial charge < -0.3 is 10.3 Å². The molecule has 0 aliphatic rings. The molecule has 18 heavy (non-hydrogen) atoms. The van der Waals surface area contributed by atoms with Crippen molar-refractivity contribution in [2.45, 2.75) is 25.8 Å². The van der Waals surface area contributed by atoms with E-state index in [1.807, 2.05) is 6.92 Å². The van der Waals surface area contributed by atoms with Crippen molar-refractivity contribution in [3.63, 3.8) is 0 Å². The topological polar surface area (TPSA) is 64.9 Å². The number of halogens is 2. The average Bonchev–Trinajstić information content (AvgIpc) is 2.77. The van der Waals surface area contributed by atoms with E-state index < -0.39 is 5.82 Å². The van der Waals surface area contributed by atoms with Crippen molar-refractivity contribution >= 4 is 15.9 Å². The van der Waals surface area contributed by atoms with Gasteiger partial charge in [0.1, 0.15) is 5.82 Å². The summed E-state index contributed by atoms with van der Waals surface area (Å²) < 4.78 is 19.3. The molecule has 1 unspecified atom stereocenters. The molecule has 96 valence electrons. The summed E-state index contributed by atoms with van der Waals surface area (Å²) in [5.41, 5.74) is 6.09. The van der Waals surface area contributed by atoms with E-state index in [0.717, 1.165) is 6.42 Å². The van der Waals surface area contributed by atoms with Gasteiger partial charge in [-0.25, -0.2) is 4.39 Å². The van der Waals surface area contributed by atoms with Gasteiger partial charge in [-0.2, -0.15) is 4.98 Å². The second-order valence-corrected chi connectivity index (χ2v) is 4.84. The molecular weight excluding hydrogens is 301 g/mol.